The molecule has 0 aliphatic heterocycles. The first kappa shape index (κ1) is 11.0. The van der Waals surface area contributed by atoms with Crippen LogP contribution in [0.5, 0.6) is 0 Å². The standard InChI is InChI=1S/C13H15FN2/c1-13(14,9-15)8-11-7-6-10-4-2-3-5-12(10)16-11/h2-7H,8-9,15H2,1H3. The van der Waals surface area contributed by atoms with Crippen molar-refractivity contribution >= 4 is 10.9 Å². The van der Waals surface area contributed by atoms with Crippen molar-refractivity contribution in [3.63, 3.8) is 0 Å². The molecule has 0 amide bonds. The highest BCUT2D eigenvalue weighted by Crippen LogP contribution is 2.18. The van der Waals surface area contributed by atoms with Gasteiger partial charge in [0.2, 0.25) is 0 Å². The van der Waals surface area contributed by atoms with Crippen molar-refractivity contribution in [3.8, 4) is 0 Å². The van der Waals surface area contributed by atoms with E-state index < -0.39 is 5.67 Å². The number of benzene rings is 1. The van der Waals surface area contributed by atoms with E-state index in [0.29, 0.717) is 0 Å². The molecule has 2 aromatic rings. The predicted molar refractivity (Wildman–Crippen MR) is 64.0 cm³/mol. The van der Waals surface area contributed by atoms with Crippen molar-refractivity contribution in [2.75, 3.05) is 6.54 Å². The Hall–Kier alpha value is -1.48. The number of fused-ring (bicyclic) bond motifs is 1. The number of halogens is 1. The summed E-state index contributed by atoms with van der Waals surface area (Å²) in [5.41, 5.74) is 5.63. The fraction of sp³-hybridized carbons (Fsp3) is 0.308. The Morgan fingerprint density at radius 2 is 2.00 bits per heavy atom. The van der Waals surface area contributed by atoms with E-state index in [4.69, 9.17) is 5.73 Å². The van der Waals surface area contributed by atoms with Crippen molar-refractivity contribution < 1.29 is 4.39 Å². The van der Waals surface area contributed by atoms with Crippen molar-refractivity contribution in [3.05, 3.63) is 42.1 Å². The lowest BCUT2D eigenvalue weighted by molar-refractivity contribution is 0.198. The SMILES string of the molecule is CC(F)(CN)Cc1ccc2ccccc2n1. The summed E-state index contributed by atoms with van der Waals surface area (Å²) < 4.78 is 13.7. The average molecular weight is 218 g/mol. The predicted octanol–water partition coefficient (Wildman–Crippen LogP) is 2.46. The smallest absolute Gasteiger partial charge is 0.125 e. The number of nitrogens with zero attached hydrogens (tertiary/aromatic N) is 1. The number of hydrogen-bond donors (Lipinski definition) is 1. The van der Waals surface area contributed by atoms with Gasteiger partial charge < -0.3 is 5.73 Å². The van der Waals surface area contributed by atoms with E-state index in [-0.39, 0.29) is 13.0 Å². The average Bonchev–Trinajstić information content (AvgIpc) is 2.28. The Labute approximate surface area is 94.3 Å². The molecular formula is C13H15FN2. The van der Waals surface area contributed by atoms with Crippen LogP contribution in [0.3, 0.4) is 0 Å². The first-order chi connectivity index (χ1) is 7.61. The van der Waals surface area contributed by atoms with Crippen LogP contribution < -0.4 is 5.73 Å². The molecule has 1 aromatic heterocycles. The van der Waals surface area contributed by atoms with Gasteiger partial charge in [-0.15, -0.1) is 0 Å². The van der Waals surface area contributed by atoms with E-state index in [0.717, 1.165) is 16.6 Å². The van der Waals surface area contributed by atoms with E-state index in [9.17, 15) is 4.39 Å². The van der Waals surface area contributed by atoms with Crippen molar-refractivity contribution in [1.82, 2.24) is 4.98 Å². The van der Waals surface area contributed by atoms with Gasteiger partial charge in [-0.3, -0.25) is 4.98 Å². The van der Waals surface area contributed by atoms with E-state index in [1.54, 1.807) is 0 Å². The van der Waals surface area contributed by atoms with Crippen molar-refractivity contribution in [1.29, 1.82) is 0 Å². The quantitative estimate of drug-likeness (QED) is 0.859. The second-order valence-electron chi connectivity index (χ2n) is 4.29. The van der Waals surface area contributed by atoms with E-state index >= 15 is 0 Å². The maximum Gasteiger partial charge on any atom is 0.125 e. The number of aromatic nitrogens is 1. The highest BCUT2D eigenvalue weighted by atomic mass is 19.1. The molecule has 1 heterocycles. The van der Waals surface area contributed by atoms with Crippen LogP contribution in [0.4, 0.5) is 4.39 Å². The number of rotatable bonds is 3. The van der Waals surface area contributed by atoms with Crippen LogP contribution in [-0.4, -0.2) is 17.2 Å². The minimum Gasteiger partial charge on any atom is -0.328 e. The van der Waals surface area contributed by atoms with Crippen LogP contribution in [0, 0.1) is 0 Å². The van der Waals surface area contributed by atoms with Gasteiger partial charge in [0.1, 0.15) is 5.67 Å². The Morgan fingerprint density at radius 3 is 2.75 bits per heavy atom. The largest absolute Gasteiger partial charge is 0.328 e. The second kappa shape index (κ2) is 4.18. The number of hydrogen-bond acceptors (Lipinski definition) is 2. The molecule has 0 saturated carbocycles. The zero-order valence-electron chi connectivity index (χ0n) is 9.28. The van der Waals surface area contributed by atoms with E-state index in [1.165, 1.54) is 6.92 Å². The summed E-state index contributed by atoms with van der Waals surface area (Å²) in [5, 5.41) is 1.07. The van der Waals surface area contributed by atoms with Gasteiger partial charge in [0.15, 0.2) is 0 Å². The minimum atomic E-state index is -1.38. The van der Waals surface area contributed by atoms with Crippen LogP contribution in [0.25, 0.3) is 10.9 Å². The third kappa shape index (κ3) is 2.36. The molecule has 0 spiro atoms. The van der Waals surface area contributed by atoms with E-state index in [1.807, 2.05) is 36.4 Å². The van der Waals surface area contributed by atoms with Gasteiger partial charge in [-0.05, 0) is 19.1 Å². The highest BCUT2D eigenvalue weighted by molar-refractivity contribution is 5.78. The number of nitrogens with two attached hydrogens (primary N) is 1. The Bertz CT molecular complexity index is 494. The molecule has 0 aliphatic carbocycles. The lowest BCUT2D eigenvalue weighted by atomic mass is 10.0. The zero-order chi connectivity index (χ0) is 11.6. The fourth-order valence-electron chi connectivity index (χ4n) is 1.66. The Morgan fingerprint density at radius 1 is 1.25 bits per heavy atom. The van der Waals surface area contributed by atoms with Crippen LogP contribution >= 0.6 is 0 Å². The first-order valence-electron chi connectivity index (χ1n) is 5.34. The maximum absolute atomic E-state index is 13.7. The summed E-state index contributed by atoms with van der Waals surface area (Å²) in [6.45, 7) is 1.52. The molecule has 0 saturated heterocycles. The Kier molecular flexibility index (Phi) is 2.88. The molecule has 0 radical (unpaired) electrons. The van der Waals surface area contributed by atoms with Crippen molar-refractivity contribution in [2.24, 2.45) is 5.73 Å². The number of alkyl halides is 1. The van der Waals surface area contributed by atoms with Crippen LogP contribution in [0.1, 0.15) is 12.6 Å². The molecule has 2 nitrogen and oxygen atoms in total. The normalized spacial score (nSPS) is 14.9. The topological polar surface area (TPSA) is 38.9 Å². The zero-order valence-corrected chi connectivity index (χ0v) is 9.28. The first-order valence-corrected chi connectivity index (χ1v) is 5.34. The molecular weight excluding hydrogens is 203 g/mol. The van der Waals surface area contributed by atoms with Crippen molar-refractivity contribution in [2.45, 2.75) is 19.0 Å². The van der Waals surface area contributed by atoms with E-state index in [2.05, 4.69) is 4.98 Å². The van der Waals surface area contributed by atoms with Gasteiger partial charge in [-0.25, -0.2) is 4.39 Å². The third-order valence-electron chi connectivity index (χ3n) is 2.63. The second-order valence-corrected chi connectivity index (χ2v) is 4.29. The molecule has 0 fully saturated rings. The number of pyridine rings is 1. The monoisotopic (exact) mass is 218 g/mol. The summed E-state index contributed by atoms with van der Waals surface area (Å²) >= 11 is 0. The number of para-hydroxylation sites is 1. The molecule has 1 atom stereocenters. The molecule has 84 valence electrons. The van der Waals surface area contributed by atoms with Crippen LogP contribution in [0.2, 0.25) is 0 Å². The minimum absolute atomic E-state index is 0.0154. The highest BCUT2D eigenvalue weighted by Gasteiger charge is 2.22. The van der Waals surface area contributed by atoms with Gasteiger partial charge in [-0.2, -0.15) is 0 Å². The molecule has 1 unspecified atom stereocenters. The summed E-state index contributed by atoms with van der Waals surface area (Å²) in [6, 6.07) is 11.6. The molecule has 1 aromatic carbocycles. The maximum atomic E-state index is 13.7. The summed E-state index contributed by atoms with van der Waals surface area (Å²) in [5.74, 6) is 0. The van der Waals surface area contributed by atoms with Gasteiger partial charge in [-0.1, -0.05) is 24.3 Å². The molecule has 0 bridgehead atoms. The molecule has 16 heavy (non-hydrogen) atoms. The lowest BCUT2D eigenvalue weighted by Gasteiger charge is -2.17. The lowest BCUT2D eigenvalue weighted by Crippen LogP contribution is -2.31. The summed E-state index contributed by atoms with van der Waals surface area (Å²) in [6.07, 6.45) is 0.258. The molecule has 0 aliphatic rings. The molecule has 2 rings (SSSR count). The van der Waals surface area contributed by atoms with Gasteiger partial charge >= 0.3 is 0 Å². The van der Waals surface area contributed by atoms with Gasteiger partial charge in [0.05, 0.1) is 5.52 Å². The summed E-state index contributed by atoms with van der Waals surface area (Å²) in [7, 11) is 0. The van der Waals surface area contributed by atoms with Crippen LogP contribution in [-0.2, 0) is 6.42 Å². The summed E-state index contributed by atoms with van der Waals surface area (Å²) in [4.78, 5) is 4.41. The van der Waals surface area contributed by atoms with Crippen LogP contribution in [0.15, 0.2) is 36.4 Å². The molecule has 3 heteroatoms. The fourth-order valence-corrected chi connectivity index (χ4v) is 1.66. The van der Waals surface area contributed by atoms with Gasteiger partial charge in [0, 0.05) is 24.0 Å². The third-order valence-corrected chi connectivity index (χ3v) is 2.63. The molecule has 2 N–H and O–H groups in total. The Balaban J connectivity index is 2.33. The van der Waals surface area contributed by atoms with Gasteiger partial charge in [0.25, 0.3) is 0 Å².